The number of urea groups is 1. The van der Waals surface area contributed by atoms with Crippen LogP contribution in [0.5, 0.6) is 0 Å². The summed E-state index contributed by atoms with van der Waals surface area (Å²) in [7, 11) is 4.17. The second kappa shape index (κ2) is 4.00. The molecule has 1 aliphatic carbocycles. The van der Waals surface area contributed by atoms with Crippen molar-refractivity contribution >= 4 is 6.03 Å². The monoisotopic (exact) mass is 211 g/mol. The Bertz CT molecular complexity index is 250. The van der Waals surface area contributed by atoms with Gasteiger partial charge in [0.15, 0.2) is 0 Å². The Hall–Kier alpha value is -0.770. The highest BCUT2D eigenvalue weighted by atomic mass is 16.2. The van der Waals surface area contributed by atoms with Gasteiger partial charge in [-0.1, -0.05) is 6.92 Å². The van der Waals surface area contributed by atoms with E-state index in [0.717, 1.165) is 25.9 Å². The number of hydrogen-bond donors (Lipinski definition) is 1. The van der Waals surface area contributed by atoms with E-state index in [2.05, 4.69) is 31.2 Å². The molecule has 1 saturated carbocycles. The van der Waals surface area contributed by atoms with Crippen molar-refractivity contribution < 1.29 is 4.79 Å². The third-order valence-electron chi connectivity index (χ3n) is 3.43. The molecule has 2 unspecified atom stereocenters. The van der Waals surface area contributed by atoms with Gasteiger partial charge in [-0.15, -0.1) is 0 Å². The lowest BCUT2D eigenvalue weighted by atomic mass is 10.1. The molecule has 0 aromatic carbocycles. The van der Waals surface area contributed by atoms with Crippen LogP contribution >= 0.6 is 0 Å². The Labute approximate surface area is 91.6 Å². The third kappa shape index (κ3) is 2.43. The van der Waals surface area contributed by atoms with Crippen LogP contribution in [0.2, 0.25) is 0 Å². The number of nitrogens with zero attached hydrogens (tertiary/aromatic N) is 2. The van der Waals surface area contributed by atoms with E-state index in [1.165, 1.54) is 0 Å². The van der Waals surface area contributed by atoms with E-state index in [9.17, 15) is 4.79 Å². The first-order valence-corrected chi connectivity index (χ1v) is 5.80. The van der Waals surface area contributed by atoms with Crippen LogP contribution in [0.25, 0.3) is 0 Å². The van der Waals surface area contributed by atoms with Crippen LogP contribution < -0.4 is 5.32 Å². The van der Waals surface area contributed by atoms with Gasteiger partial charge in [-0.25, -0.2) is 4.79 Å². The van der Waals surface area contributed by atoms with Gasteiger partial charge in [-0.05, 0) is 32.9 Å². The van der Waals surface area contributed by atoms with Crippen LogP contribution in [0.1, 0.15) is 19.8 Å². The number of rotatable bonds is 2. The molecule has 4 heteroatoms. The van der Waals surface area contributed by atoms with Gasteiger partial charge in [-0.3, -0.25) is 0 Å². The van der Waals surface area contributed by atoms with Crippen LogP contribution in [-0.2, 0) is 0 Å². The highest BCUT2D eigenvalue weighted by Crippen LogP contribution is 2.22. The largest absolute Gasteiger partial charge is 0.335 e. The molecule has 0 spiro atoms. The Balaban J connectivity index is 1.86. The van der Waals surface area contributed by atoms with Gasteiger partial charge in [0, 0.05) is 25.2 Å². The summed E-state index contributed by atoms with van der Waals surface area (Å²) in [6, 6.07) is 1.11. The average molecular weight is 211 g/mol. The molecular weight excluding hydrogens is 190 g/mol. The molecule has 1 heterocycles. The van der Waals surface area contributed by atoms with Gasteiger partial charge in [-0.2, -0.15) is 0 Å². The normalized spacial score (nSPS) is 31.1. The first kappa shape index (κ1) is 10.7. The highest BCUT2D eigenvalue weighted by molar-refractivity contribution is 5.75. The molecule has 2 atom stereocenters. The standard InChI is InChI=1S/C11H21N3O/c1-8-6-14(7-10(8)13(2)3)11(15)12-9-4-5-9/h8-10H,4-7H2,1-3H3,(H,12,15). The Morgan fingerprint density at radius 3 is 2.47 bits per heavy atom. The number of likely N-dealkylation sites (N-methyl/N-ethyl adjacent to an activating group) is 1. The third-order valence-corrected chi connectivity index (χ3v) is 3.43. The lowest BCUT2D eigenvalue weighted by Gasteiger charge is -2.22. The first-order chi connectivity index (χ1) is 7.08. The predicted molar refractivity (Wildman–Crippen MR) is 59.8 cm³/mol. The summed E-state index contributed by atoms with van der Waals surface area (Å²) in [5.74, 6) is 0.574. The molecule has 4 nitrogen and oxygen atoms in total. The minimum absolute atomic E-state index is 0.133. The number of nitrogens with one attached hydrogen (secondary N) is 1. The number of likely N-dealkylation sites (tertiary alicyclic amines) is 1. The second-order valence-corrected chi connectivity index (χ2v) is 5.14. The number of hydrogen-bond acceptors (Lipinski definition) is 2. The summed E-state index contributed by atoms with van der Waals surface area (Å²) >= 11 is 0. The summed E-state index contributed by atoms with van der Waals surface area (Å²) in [6.07, 6.45) is 2.32. The fraction of sp³-hybridized carbons (Fsp3) is 0.909. The van der Waals surface area contributed by atoms with Crippen LogP contribution in [0, 0.1) is 5.92 Å². The lowest BCUT2D eigenvalue weighted by Crippen LogP contribution is -2.41. The van der Waals surface area contributed by atoms with Crippen LogP contribution in [0.4, 0.5) is 4.79 Å². The van der Waals surface area contributed by atoms with E-state index >= 15 is 0 Å². The average Bonchev–Trinajstić information content (AvgIpc) is 2.86. The maximum atomic E-state index is 11.8. The highest BCUT2D eigenvalue weighted by Gasteiger charge is 2.35. The van der Waals surface area contributed by atoms with Gasteiger partial charge in [0.1, 0.15) is 0 Å². The number of amides is 2. The summed E-state index contributed by atoms with van der Waals surface area (Å²) < 4.78 is 0. The Morgan fingerprint density at radius 2 is 2.00 bits per heavy atom. The van der Waals surface area contributed by atoms with Crippen molar-refractivity contribution in [1.82, 2.24) is 15.1 Å². The first-order valence-electron chi connectivity index (χ1n) is 5.80. The maximum absolute atomic E-state index is 11.8. The Morgan fingerprint density at radius 1 is 1.33 bits per heavy atom. The fourth-order valence-corrected chi connectivity index (χ4v) is 2.28. The van der Waals surface area contributed by atoms with Gasteiger partial charge >= 0.3 is 6.03 Å². The number of carbonyl (C=O) groups is 1. The molecule has 0 radical (unpaired) electrons. The van der Waals surface area contributed by atoms with Gasteiger partial charge in [0.25, 0.3) is 0 Å². The van der Waals surface area contributed by atoms with Crippen molar-refractivity contribution in [2.45, 2.75) is 31.8 Å². The summed E-state index contributed by atoms with van der Waals surface area (Å²) in [5.41, 5.74) is 0. The zero-order valence-corrected chi connectivity index (χ0v) is 9.86. The van der Waals surface area contributed by atoms with Crippen molar-refractivity contribution in [3.8, 4) is 0 Å². The smallest absolute Gasteiger partial charge is 0.317 e. The minimum atomic E-state index is 0.133. The Kier molecular flexibility index (Phi) is 2.87. The van der Waals surface area contributed by atoms with Crippen molar-refractivity contribution in [2.24, 2.45) is 5.92 Å². The maximum Gasteiger partial charge on any atom is 0.317 e. The summed E-state index contributed by atoms with van der Waals surface area (Å²) in [5, 5.41) is 3.04. The quantitative estimate of drug-likeness (QED) is 0.731. The molecule has 2 fully saturated rings. The minimum Gasteiger partial charge on any atom is -0.335 e. The van der Waals surface area contributed by atoms with Crippen molar-refractivity contribution in [3.05, 3.63) is 0 Å². The molecular formula is C11H21N3O. The van der Waals surface area contributed by atoms with E-state index in [0.29, 0.717) is 18.0 Å². The molecule has 0 aromatic rings. The molecule has 2 aliphatic rings. The zero-order valence-electron chi connectivity index (χ0n) is 9.86. The SMILES string of the molecule is CC1CN(C(=O)NC2CC2)CC1N(C)C. The van der Waals surface area contributed by atoms with Gasteiger partial charge < -0.3 is 15.1 Å². The van der Waals surface area contributed by atoms with Crippen molar-refractivity contribution in [3.63, 3.8) is 0 Å². The molecule has 2 rings (SSSR count). The van der Waals surface area contributed by atoms with E-state index in [-0.39, 0.29) is 6.03 Å². The molecule has 0 bridgehead atoms. The molecule has 1 aliphatic heterocycles. The molecule has 1 N–H and O–H groups in total. The molecule has 2 amide bonds. The predicted octanol–water partition coefficient (Wildman–Crippen LogP) is 0.740. The van der Waals surface area contributed by atoms with Crippen molar-refractivity contribution in [1.29, 1.82) is 0 Å². The summed E-state index contributed by atoms with van der Waals surface area (Å²) in [6.45, 7) is 3.98. The molecule has 86 valence electrons. The molecule has 15 heavy (non-hydrogen) atoms. The van der Waals surface area contributed by atoms with E-state index in [1.54, 1.807) is 0 Å². The van der Waals surface area contributed by atoms with Crippen LogP contribution in [0.3, 0.4) is 0 Å². The second-order valence-electron chi connectivity index (χ2n) is 5.14. The van der Waals surface area contributed by atoms with Gasteiger partial charge in [0.2, 0.25) is 0 Å². The van der Waals surface area contributed by atoms with Crippen LogP contribution in [-0.4, -0.2) is 55.1 Å². The lowest BCUT2D eigenvalue weighted by molar-refractivity contribution is 0.203. The zero-order chi connectivity index (χ0) is 11.0. The molecule has 0 aromatic heterocycles. The number of carbonyl (C=O) groups excluding carboxylic acids is 1. The van der Waals surface area contributed by atoms with E-state index in [1.807, 2.05) is 4.90 Å². The van der Waals surface area contributed by atoms with Crippen LogP contribution in [0.15, 0.2) is 0 Å². The summed E-state index contributed by atoms with van der Waals surface area (Å²) in [4.78, 5) is 16.0. The fourth-order valence-electron chi connectivity index (χ4n) is 2.28. The topological polar surface area (TPSA) is 35.6 Å². The molecule has 1 saturated heterocycles. The van der Waals surface area contributed by atoms with E-state index < -0.39 is 0 Å². The van der Waals surface area contributed by atoms with E-state index in [4.69, 9.17) is 0 Å². The van der Waals surface area contributed by atoms with Crippen molar-refractivity contribution in [2.75, 3.05) is 27.2 Å². The van der Waals surface area contributed by atoms with Gasteiger partial charge in [0.05, 0.1) is 0 Å².